The third-order valence-corrected chi connectivity index (χ3v) is 4.51. The molecule has 23 heavy (non-hydrogen) atoms. The van der Waals surface area contributed by atoms with Crippen molar-refractivity contribution in [3.8, 4) is 0 Å². The van der Waals surface area contributed by atoms with E-state index in [1.54, 1.807) is 6.20 Å². The lowest BCUT2D eigenvalue weighted by atomic mass is 9.99. The predicted molar refractivity (Wildman–Crippen MR) is 88.0 cm³/mol. The highest BCUT2D eigenvalue weighted by Gasteiger charge is 2.27. The van der Waals surface area contributed by atoms with E-state index >= 15 is 0 Å². The Balaban J connectivity index is 1.85. The fraction of sp³-hybridized carbons (Fsp3) is 0.467. The normalized spacial score (nSPS) is 18.7. The molecule has 1 atom stereocenters. The number of hydrogen-bond donors (Lipinski definition) is 2. The largest absolute Gasteiger partial charge is 0.480 e. The van der Waals surface area contributed by atoms with Crippen LogP contribution in [0.15, 0.2) is 17.6 Å². The highest BCUT2D eigenvalue weighted by molar-refractivity contribution is 7.13. The Morgan fingerprint density at radius 2 is 2.35 bits per heavy atom. The first-order valence-electron chi connectivity index (χ1n) is 7.60. The maximum Gasteiger partial charge on any atom is 0.317 e. The predicted octanol–water partition coefficient (Wildman–Crippen LogP) is 2.60. The molecule has 0 unspecified atom stereocenters. The highest BCUT2D eigenvalue weighted by Crippen LogP contribution is 2.31. The van der Waals surface area contributed by atoms with E-state index in [2.05, 4.69) is 20.3 Å². The van der Waals surface area contributed by atoms with Crippen LogP contribution in [0.4, 0.5) is 10.9 Å². The zero-order chi connectivity index (χ0) is 16.2. The van der Waals surface area contributed by atoms with Gasteiger partial charge in [-0.2, -0.15) is 0 Å². The Morgan fingerprint density at radius 3 is 3.09 bits per heavy atom. The topological polar surface area (TPSA) is 91.2 Å². The lowest BCUT2D eigenvalue weighted by Crippen LogP contribution is -2.37. The molecule has 0 spiro atoms. The van der Waals surface area contributed by atoms with Crippen LogP contribution in [-0.2, 0) is 4.79 Å². The highest BCUT2D eigenvalue weighted by atomic mass is 32.1. The molecule has 0 aromatic carbocycles. The van der Waals surface area contributed by atoms with Gasteiger partial charge in [0.2, 0.25) is 0 Å². The van der Waals surface area contributed by atoms with Gasteiger partial charge in [0.05, 0.1) is 18.3 Å². The van der Waals surface area contributed by atoms with E-state index in [1.165, 1.54) is 11.3 Å². The lowest BCUT2D eigenvalue weighted by molar-refractivity contribution is -0.139. The number of anilines is 2. The minimum atomic E-state index is -0.802. The van der Waals surface area contributed by atoms with Crippen LogP contribution in [-0.4, -0.2) is 44.0 Å². The van der Waals surface area contributed by atoms with E-state index < -0.39 is 5.97 Å². The molecule has 2 aromatic rings. The van der Waals surface area contributed by atoms with Crippen molar-refractivity contribution in [1.29, 1.82) is 0 Å². The van der Waals surface area contributed by atoms with Gasteiger partial charge in [0.15, 0.2) is 5.13 Å². The fourth-order valence-corrected chi connectivity index (χ4v) is 3.44. The van der Waals surface area contributed by atoms with Gasteiger partial charge < -0.3 is 10.4 Å². The van der Waals surface area contributed by atoms with Crippen molar-refractivity contribution < 1.29 is 9.90 Å². The number of aryl methyl sites for hydroxylation is 1. The summed E-state index contributed by atoms with van der Waals surface area (Å²) < 4.78 is 0. The Labute approximate surface area is 138 Å². The van der Waals surface area contributed by atoms with Gasteiger partial charge in [0.1, 0.15) is 11.6 Å². The van der Waals surface area contributed by atoms with Crippen molar-refractivity contribution in [2.45, 2.75) is 32.2 Å². The van der Waals surface area contributed by atoms with E-state index in [9.17, 15) is 4.79 Å². The van der Waals surface area contributed by atoms with E-state index in [4.69, 9.17) is 5.11 Å². The summed E-state index contributed by atoms with van der Waals surface area (Å²) >= 11 is 1.50. The molecule has 7 nitrogen and oxygen atoms in total. The van der Waals surface area contributed by atoms with Gasteiger partial charge in [0.25, 0.3) is 0 Å². The number of aromatic nitrogens is 3. The molecule has 3 heterocycles. The number of rotatable bonds is 5. The molecular weight excluding hydrogens is 314 g/mol. The van der Waals surface area contributed by atoms with Gasteiger partial charge in [-0.25, -0.2) is 15.0 Å². The molecular formula is C15H19N5O2S. The maximum atomic E-state index is 11.1. The van der Waals surface area contributed by atoms with Crippen molar-refractivity contribution in [2.24, 2.45) is 0 Å². The van der Waals surface area contributed by atoms with Crippen LogP contribution < -0.4 is 5.32 Å². The Bertz CT molecular complexity index is 677. The van der Waals surface area contributed by atoms with Gasteiger partial charge in [-0.05, 0) is 26.3 Å². The minimum absolute atomic E-state index is 0.0263. The summed E-state index contributed by atoms with van der Waals surface area (Å²) in [5.74, 6) is 0.564. The molecule has 2 N–H and O–H groups in total. The molecule has 122 valence electrons. The van der Waals surface area contributed by atoms with Crippen LogP contribution in [0.3, 0.4) is 0 Å². The molecule has 8 heteroatoms. The minimum Gasteiger partial charge on any atom is -0.480 e. The molecule has 2 aromatic heterocycles. The Kier molecular flexibility index (Phi) is 4.82. The zero-order valence-electron chi connectivity index (χ0n) is 12.9. The summed E-state index contributed by atoms with van der Waals surface area (Å²) in [7, 11) is 0. The van der Waals surface area contributed by atoms with E-state index in [1.807, 2.05) is 23.3 Å². The van der Waals surface area contributed by atoms with Crippen molar-refractivity contribution in [1.82, 2.24) is 19.9 Å². The molecule has 0 radical (unpaired) electrons. The van der Waals surface area contributed by atoms with Crippen LogP contribution in [0.25, 0.3) is 0 Å². The molecule has 0 saturated carbocycles. The number of piperidine rings is 1. The summed E-state index contributed by atoms with van der Waals surface area (Å²) in [6.07, 6.45) is 4.76. The number of nitrogens with one attached hydrogen (secondary N) is 1. The van der Waals surface area contributed by atoms with E-state index in [0.717, 1.165) is 36.6 Å². The number of carboxylic acids is 1. The summed E-state index contributed by atoms with van der Waals surface area (Å²) in [4.78, 5) is 26.2. The molecule has 1 aliphatic rings. The Morgan fingerprint density at radius 1 is 1.48 bits per heavy atom. The molecule has 1 aliphatic heterocycles. The second-order valence-electron chi connectivity index (χ2n) is 5.56. The molecule has 0 amide bonds. The van der Waals surface area contributed by atoms with Gasteiger partial charge >= 0.3 is 5.97 Å². The number of hydrogen-bond acceptors (Lipinski definition) is 7. The fourth-order valence-electron chi connectivity index (χ4n) is 2.91. The van der Waals surface area contributed by atoms with Crippen molar-refractivity contribution in [2.75, 3.05) is 18.4 Å². The molecule has 0 aliphatic carbocycles. The summed E-state index contributed by atoms with van der Waals surface area (Å²) in [6, 6.07) is 1.93. The molecule has 1 saturated heterocycles. The second kappa shape index (κ2) is 7.01. The van der Waals surface area contributed by atoms with Crippen molar-refractivity contribution in [3.63, 3.8) is 0 Å². The molecule has 1 fully saturated rings. The average Bonchev–Trinajstić information content (AvgIpc) is 2.99. The zero-order valence-corrected chi connectivity index (χ0v) is 13.7. The quantitative estimate of drug-likeness (QED) is 0.869. The SMILES string of the molecule is Cc1nc(Nc2nccs2)cc([C@@H]2CCCCN2CC(=O)O)n1. The second-order valence-corrected chi connectivity index (χ2v) is 6.46. The first-order valence-corrected chi connectivity index (χ1v) is 8.48. The first kappa shape index (κ1) is 15.8. The van der Waals surface area contributed by atoms with Gasteiger partial charge in [0, 0.05) is 17.6 Å². The number of nitrogens with zero attached hydrogens (tertiary/aromatic N) is 4. The molecule has 0 bridgehead atoms. The monoisotopic (exact) mass is 333 g/mol. The van der Waals surface area contributed by atoms with Crippen LogP contribution in [0, 0.1) is 6.92 Å². The van der Waals surface area contributed by atoms with E-state index in [0.29, 0.717) is 11.6 Å². The van der Waals surface area contributed by atoms with Crippen LogP contribution in [0.5, 0.6) is 0 Å². The van der Waals surface area contributed by atoms with Crippen LogP contribution in [0.1, 0.15) is 36.8 Å². The lowest BCUT2D eigenvalue weighted by Gasteiger charge is -2.34. The van der Waals surface area contributed by atoms with Gasteiger partial charge in [-0.3, -0.25) is 9.69 Å². The summed E-state index contributed by atoms with van der Waals surface area (Å²) in [5, 5.41) is 15.0. The summed E-state index contributed by atoms with van der Waals surface area (Å²) in [6.45, 7) is 2.68. The van der Waals surface area contributed by atoms with Crippen molar-refractivity contribution >= 4 is 28.3 Å². The third kappa shape index (κ3) is 4.02. The van der Waals surface area contributed by atoms with Gasteiger partial charge in [-0.15, -0.1) is 11.3 Å². The molecule has 3 rings (SSSR count). The van der Waals surface area contributed by atoms with Crippen LogP contribution in [0.2, 0.25) is 0 Å². The maximum absolute atomic E-state index is 11.1. The number of carboxylic acid groups (broad SMARTS) is 1. The first-order chi connectivity index (χ1) is 11.1. The Hall–Kier alpha value is -2.06. The summed E-state index contributed by atoms with van der Waals surface area (Å²) in [5.41, 5.74) is 0.873. The van der Waals surface area contributed by atoms with Crippen molar-refractivity contribution in [3.05, 3.63) is 29.2 Å². The number of thiazole rings is 1. The average molecular weight is 333 g/mol. The van der Waals surface area contributed by atoms with Gasteiger partial charge in [-0.1, -0.05) is 6.42 Å². The van der Waals surface area contributed by atoms with Crippen LogP contribution >= 0.6 is 11.3 Å². The number of aliphatic carboxylic acids is 1. The standard InChI is InChI=1S/C15H19N5O2S/c1-10-17-11(8-13(18-10)19-15-16-5-7-23-15)12-4-2-3-6-20(12)9-14(21)22/h5,7-8,12H,2-4,6,9H2,1H3,(H,21,22)(H,16,17,18,19)/t12-/m0/s1. The number of carbonyl (C=O) groups is 1. The smallest absolute Gasteiger partial charge is 0.317 e. The van der Waals surface area contributed by atoms with E-state index in [-0.39, 0.29) is 12.6 Å². The number of likely N-dealkylation sites (tertiary alicyclic amines) is 1. The third-order valence-electron chi connectivity index (χ3n) is 3.82.